The van der Waals surface area contributed by atoms with Crippen LogP contribution in [0.15, 0.2) is 53.7 Å². The van der Waals surface area contributed by atoms with Gasteiger partial charge in [-0.05, 0) is 36.1 Å². The van der Waals surface area contributed by atoms with E-state index < -0.39 is 12.0 Å². The molecule has 0 radical (unpaired) electrons. The molecule has 2 N–H and O–H groups in total. The summed E-state index contributed by atoms with van der Waals surface area (Å²) < 4.78 is 11.0. The highest BCUT2D eigenvalue weighted by molar-refractivity contribution is 5.97. The number of ether oxygens (including phenoxy) is 2. The highest BCUT2D eigenvalue weighted by Crippen LogP contribution is 2.32. The first-order chi connectivity index (χ1) is 13.1. The third-order valence-electron chi connectivity index (χ3n) is 5.05. The zero-order valence-electron chi connectivity index (χ0n) is 15.2. The summed E-state index contributed by atoms with van der Waals surface area (Å²) in [6, 6.07) is 12.9. The number of esters is 1. The highest BCUT2D eigenvalue weighted by Gasteiger charge is 2.33. The minimum Gasteiger partial charge on any atom is -0.459 e. The van der Waals surface area contributed by atoms with Crippen molar-refractivity contribution < 1.29 is 19.1 Å². The summed E-state index contributed by atoms with van der Waals surface area (Å²) >= 11 is 0. The van der Waals surface area contributed by atoms with E-state index in [0.29, 0.717) is 17.9 Å². The summed E-state index contributed by atoms with van der Waals surface area (Å²) in [6.45, 7) is 2.66. The lowest BCUT2D eigenvalue weighted by Crippen LogP contribution is -2.45. The Morgan fingerprint density at radius 3 is 2.85 bits per heavy atom. The van der Waals surface area contributed by atoms with Crippen LogP contribution in [0.1, 0.15) is 31.4 Å². The molecule has 2 aromatic carbocycles. The van der Waals surface area contributed by atoms with Gasteiger partial charge in [-0.3, -0.25) is 0 Å². The molecule has 2 atom stereocenters. The maximum atomic E-state index is 12.9. The van der Waals surface area contributed by atoms with Crippen LogP contribution in [0.5, 0.6) is 0 Å². The van der Waals surface area contributed by atoms with E-state index in [9.17, 15) is 9.59 Å². The minimum absolute atomic E-state index is 0.0444. The number of carbonyl (C=O) groups is 2. The molecule has 6 heteroatoms. The Morgan fingerprint density at radius 1 is 1.22 bits per heavy atom. The molecule has 2 heterocycles. The fraction of sp³-hybridized carbons (Fsp3) is 0.333. The molecule has 0 aromatic heterocycles. The third-order valence-corrected chi connectivity index (χ3v) is 5.05. The molecule has 27 heavy (non-hydrogen) atoms. The van der Waals surface area contributed by atoms with Crippen molar-refractivity contribution in [1.82, 2.24) is 10.6 Å². The summed E-state index contributed by atoms with van der Waals surface area (Å²) in [6.07, 6.45) is 1.84. The quantitative estimate of drug-likeness (QED) is 0.815. The van der Waals surface area contributed by atoms with Gasteiger partial charge in [0.1, 0.15) is 6.61 Å². The van der Waals surface area contributed by atoms with Crippen molar-refractivity contribution >= 4 is 22.8 Å². The maximum absolute atomic E-state index is 12.9. The molecule has 0 aliphatic carbocycles. The Morgan fingerprint density at radius 2 is 2.04 bits per heavy atom. The van der Waals surface area contributed by atoms with E-state index in [1.165, 1.54) is 0 Å². The van der Waals surface area contributed by atoms with Crippen molar-refractivity contribution in [2.24, 2.45) is 0 Å². The molecule has 0 spiro atoms. The van der Waals surface area contributed by atoms with Crippen molar-refractivity contribution in [2.45, 2.75) is 31.9 Å². The third kappa shape index (κ3) is 3.53. The summed E-state index contributed by atoms with van der Waals surface area (Å²) in [4.78, 5) is 25.0. The van der Waals surface area contributed by atoms with Gasteiger partial charge < -0.3 is 20.1 Å². The van der Waals surface area contributed by atoms with Gasteiger partial charge in [-0.15, -0.1) is 0 Å². The van der Waals surface area contributed by atoms with Crippen molar-refractivity contribution in [3.8, 4) is 0 Å². The monoisotopic (exact) mass is 366 g/mol. The number of rotatable bonds is 4. The Bertz CT molecular complexity index is 910. The molecule has 1 saturated heterocycles. The number of allylic oxidation sites excluding steroid dienone is 1. The first-order valence-corrected chi connectivity index (χ1v) is 9.18. The van der Waals surface area contributed by atoms with Crippen LogP contribution in [0.3, 0.4) is 0 Å². The summed E-state index contributed by atoms with van der Waals surface area (Å²) in [7, 11) is 0. The highest BCUT2D eigenvalue weighted by atomic mass is 16.6. The fourth-order valence-electron chi connectivity index (χ4n) is 3.72. The van der Waals surface area contributed by atoms with Gasteiger partial charge in [0.25, 0.3) is 0 Å². The van der Waals surface area contributed by atoms with E-state index >= 15 is 0 Å². The number of hydrogen-bond acceptors (Lipinski definition) is 4. The summed E-state index contributed by atoms with van der Waals surface area (Å²) in [5.41, 5.74) is 1.80. The number of fused-ring (bicyclic) bond motifs is 1. The van der Waals surface area contributed by atoms with Crippen LogP contribution in [0.4, 0.5) is 4.79 Å². The topological polar surface area (TPSA) is 76.7 Å². The Balaban J connectivity index is 1.67. The van der Waals surface area contributed by atoms with Gasteiger partial charge in [-0.25, -0.2) is 9.59 Å². The predicted octanol–water partition coefficient (Wildman–Crippen LogP) is 3.19. The van der Waals surface area contributed by atoms with Gasteiger partial charge in [-0.1, -0.05) is 42.5 Å². The average Bonchev–Trinajstić information content (AvgIpc) is 3.18. The molecule has 2 amide bonds. The Hall–Kier alpha value is -2.86. The van der Waals surface area contributed by atoms with Gasteiger partial charge in [0.2, 0.25) is 0 Å². The van der Waals surface area contributed by atoms with Crippen molar-refractivity contribution in [1.29, 1.82) is 0 Å². The zero-order chi connectivity index (χ0) is 18.8. The molecule has 0 bridgehead atoms. The largest absolute Gasteiger partial charge is 0.459 e. The second kappa shape index (κ2) is 7.40. The first kappa shape index (κ1) is 17.5. The van der Waals surface area contributed by atoms with E-state index in [-0.39, 0.29) is 18.7 Å². The van der Waals surface area contributed by atoms with Gasteiger partial charge in [0, 0.05) is 12.3 Å². The molecule has 0 unspecified atom stereocenters. The molecular weight excluding hydrogens is 344 g/mol. The van der Waals surface area contributed by atoms with E-state index in [0.717, 1.165) is 29.2 Å². The van der Waals surface area contributed by atoms with E-state index in [1.807, 2.05) is 42.5 Å². The Labute approximate surface area is 157 Å². The fourth-order valence-corrected chi connectivity index (χ4v) is 3.72. The van der Waals surface area contributed by atoms with Crippen LogP contribution < -0.4 is 10.6 Å². The first-order valence-electron chi connectivity index (χ1n) is 9.18. The lowest BCUT2D eigenvalue weighted by atomic mass is 9.91. The molecule has 140 valence electrons. The van der Waals surface area contributed by atoms with E-state index in [2.05, 4.69) is 10.6 Å². The number of carbonyl (C=O) groups excluding carboxylic acids is 2. The second-order valence-electron chi connectivity index (χ2n) is 6.87. The van der Waals surface area contributed by atoms with Gasteiger partial charge in [0.15, 0.2) is 0 Å². The van der Waals surface area contributed by atoms with Crippen LogP contribution in [0.25, 0.3) is 10.8 Å². The van der Waals surface area contributed by atoms with Crippen molar-refractivity contribution in [3.63, 3.8) is 0 Å². The van der Waals surface area contributed by atoms with Gasteiger partial charge >= 0.3 is 12.0 Å². The number of amides is 2. The maximum Gasteiger partial charge on any atom is 0.338 e. The second-order valence-corrected chi connectivity index (χ2v) is 6.87. The molecule has 0 saturated carbocycles. The lowest BCUT2D eigenvalue weighted by molar-refractivity contribution is -0.142. The van der Waals surface area contributed by atoms with Crippen LogP contribution in [-0.2, 0) is 14.3 Å². The SMILES string of the molecule is CC1=C(C(=O)OC[C@H]2CCCO2)[C@@H](c2cccc3ccccc23)NC(=O)N1. The molecule has 2 aliphatic heterocycles. The number of benzene rings is 2. The summed E-state index contributed by atoms with van der Waals surface area (Å²) in [5.74, 6) is -0.437. The molecule has 2 aliphatic rings. The number of hydrogen-bond donors (Lipinski definition) is 2. The molecule has 6 nitrogen and oxygen atoms in total. The molecule has 1 fully saturated rings. The van der Waals surface area contributed by atoms with E-state index in [4.69, 9.17) is 9.47 Å². The Kier molecular flexibility index (Phi) is 4.81. The van der Waals surface area contributed by atoms with Crippen molar-refractivity contribution in [3.05, 3.63) is 59.3 Å². The summed E-state index contributed by atoms with van der Waals surface area (Å²) in [5, 5.41) is 7.60. The van der Waals surface area contributed by atoms with Gasteiger partial charge in [-0.2, -0.15) is 0 Å². The molecule has 2 aromatic rings. The lowest BCUT2D eigenvalue weighted by Gasteiger charge is -2.29. The van der Waals surface area contributed by atoms with E-state index in [1.54, 1.807) is 6.92 Å². The molecule has 4 rings (SSSR count). The predicted molar refractivity (Wildman–Crippen MR) is 101 cm³/mol. The number of nitrogens with one attached hydrogen (secondary N) is 2. The zero-order valence-corrected chi connectivity index (χ0v) is 15.2. The van der Waals surface area contributed by atoms with Crippen LogP contribution in [0, 0.1) is 0 Å². The average molecular weight is 366 g/mol. The standard InChI is InChI=1S/C21H22N2O4/c1-13-18(20(24)27-12-15-8-5-11-26-15)19(23-21(25)22-13)17-10-4-7-14-6-2-3-9-16(14)17/h2-4,6-7,9-10,15,19H,5,8,11-12H2,1H3,(H2,22,23,25)/t15-,19-/m1/s1. The normalized spacial score (nSPS) is 22.5. The van der Waals surface area contributed by atoms with Gasteiger partial charge in [0.05, 0.1) is 17.7 Å². The van der Waals surface area contributed by atoms with Crippen molar-refractivity contribution in [2.75, 3.05) is 13.2 Å². The smallest absolute Gasteiger partial charge is 0.338 e. The number of urea groups is 1. The van der Waals surface area contributed by atoms with Crippen LogP contribution in [0.2, 0.25) is 0 Å². The van der Waals surface area contributed by atoms with Crippen LogP contribution >= 0.6 is 0 Å². The van der Waals surface area contributed by atoms with Crippen LogP contribution in [-0.4, -0.2) is 31.3 Å². The molecular formula is C21H22N2O4. The minimum atomic E-state index is -0.568.